The highest BCUT2D eigenvalue weighted by Gasteiger charge is 2.44. The monoisotopic (exact) mass is 755 g/mol. The summed E-state index contributed by atoms with van der Waals surface area (Å²) in [5, 5.41) is 24.8. The fourth-order valence-electron chi connectivity index (χ4n) is 9.08. The number of anilines is 2. The fourth-order valence-corrected chi connectivity index (χ4v) is 9.08. The number of amides is 4. The van der Waals surface area contributed by atoms with E-state index >= 15 is 0 Å². The van der Waals surface area contributed by atoms with Crippen molar-refractivity contribution in [1.29, 1.82) is 0 Å². The molecular formula is C44H49N7O5. The molecule has 4 heterocycles. The van der Waals surface area contributed by atoms with Crippen LogP contribution in [-0.2, 0) is 24.6 Å². The molecule has 1 aromatic heterocycles. The zero-order chi connectivity index (χ0) is 38.6. The van der Waals surface area contributed by atoms with Gasteiger partial charge < -0.3 is 25.1 Å². The number of carbonyl (C=O) groups is 4. The van der Waals surface area contributed by atoms with Gasteiger partial charge in [0.2, 0.25) is 23.6 Å². The predicted octanol–water partition coefficient (Wildman–Crippen LogP) is 4.93. The maximum absolute atomic E-state index is 14.4. The van der Waals surface area contributed by atoms with Gasteiger partial charge in [0.25, 0.3) is 0 Å². The van der Waals surface area contributed by atoms with Crippen molar-refractivity contribution >= 4 is 35.0 Å². The smallest absolute Gasteiger partial charge is 0.234 e. The lowest BCUT2D eigenvalue weighted by atomic mass is 9.71. The Labute approximate surface area is 327 Å². The summed E-state index contributed by atoms with van der Waals surface area (Å²) in [6, 6.07) is 27.2. The fraction of sp³-hybridized carbons (Fsp3) is 0.409. The van der Waals surface area contributed by atoms with Crippen LogP contribution in [0.25, 0.3) is 11.3 Å². The molecule has 56 heavy (non-hydrogen) atoms. The zero-order valence-corrected chi connectivity index (χ0v) is 31.6. The molecule has 3 aliphatic heterocycles. The van der Waals surface area contributed by atoms with Gasteiger partial charge in [0, 0.05) is 68.9 Å². The van der Waals surface area contributed by atoms with Crippen molar-refractivity contribution in [3.8, 4) is 17.0 Å². The Morgan fingerprint density at radius 3 is 2.14 bits per heavy atom. The summed E-state index contributed by atoms with van der Waals surface area (Å²) in [6.45, 7) is 4.12. The largest absolute Gasteiger partial charge is 0.507 e. The van der Waals surface area contributed by atoms with E-state index in [0.717, 1.165) is 61.3 Å². The lowest BCUT2D eigenvalue weighted by Gasteiger charge is -2.43. The first-order valence-corrected chi connectivity index (χ1v) is 20.0. The molecule has 4 amide bonds. The number of nitrogens with zero attached hydrogens (tertiary/aromatic N) is 5. The Bertz CT molecular complexity index is 2050. The highest BCUT2D eigenvalue weighted by atomic mass is 16.3. The number of benzene rings is 3. The van der Waals surface area contributed by atoms with Crippen LogP contribution >= 0.6 is 0 Å². The lowest BCUT2D eigenvalue weighted by molar-refractivity contribution is -0.137. The van der Waals surface area contributed by atoms with Gasteiger partial charge in [-0.25, -0.2) is 0 Å². The van der Waals surface area contributed by atoms with Crippen LogP contribution in [0.3, 0.4) is 0 Å². The van der Waals surface area contributed by atoms with Crippen molar-refractivity contribution in [3.05, 3.63) is 102 Å². The normalized spacial score (nSPS) is 22.6. The van der Waals surface area contributed by atoms with Crippen LogP contribution in [0, 0.1) is 5.92 Å². The molecule has 1 saturated carbocycles. The van der Waals surface area contributed by atoms with Crippen LogP contribution in [0.2, 0.25) is 0 Å². The first-order valence-electron chi connectivity index (χ1n) is 20.0. The second-order valence-electron chi connectivity index (χ2n) is 15.7. The van der Waals surface area contributed by atoms with Gasteiger partial charge in [-0.2, -0.15) is 10.2 Å². The summed E-state index contributed by atoms with van der Waals surface area (Å²) in [5.41, 5.74) is 4.47. The van der Waals surface area contributed by atoms with Crippen molar-refractivity contribution in [1.82, 2.24) is 25.7 Å². The Hall–Kier alpha value is -5.78. The molecule has 0 radical (unpaired) electrons. The summed E-state index contributed by atoms with van der Waals surface area (Å²) in [7, 11) is 0. The lowest BCUT2D eigenvalue weighted by Crippen LogP contribution is -2.55. The highest BCUT2D eigenvalue weighted by molar-refractivity contribution is 6.01. The number of phenols is 1. The van der Waals surface area contributed by atoms with Crippen molar-refractivity contribution in [2.75, 3.05) is 49.1 Å². The second kappa shape index (κ2) is 16.1. The number of para-hydroxylation sites is 1. The van der Waals surface area contributed by atoms with Crippen molar-refractivity contribution in [3.63, 3.8) is 0 Å². The van der Waals surface area contributed by atoms with E-state index in [0.29, 0.717) is 63.1 Å². The zero-order valence-electron chi connectivity index (χ0n) is 31.6. The topological polar surface area (TPSA) is 148 Å². The number of piperazine rings is 1. The van der Waals surface area contributed by atoms with E-state index in [1.807, 2.05) is 65.6 Å². The average Bonchev–Trinajstić information content (AvgIpc) is 3.24. The number of aromatic nitrogens is 2. The first-order chi connectivity index (χ1) is 27.3. The van der Waals surface area contributed by atoms with Gasteiger partial charge in [0.1, 0.15) is 5.75 Å². The van der Waals surface area contributed by atoms with Crippen molar-refractivity contribution < 1.29 is 24.3 Å². The Morgan fingerprint density at radius 2 is 1.45 bits per heavy atom. The Kier molecular flexibility index (Phi) is 10.7. The van der Waals surface area contributed by atoms with E-state index in [9.17, 15) is 24.3 Å². The molecule has 1 atom stereocenters. The van der Waals surface area contributed by atoms with E-state index in [2.05, 4.69) is 42.8 Å². The molecule has 4 aromatic rings. The van der Waals surface area contributed by atoms with Crippen LogP contribution < -0.4 is 20.4 Å². The van der Waals surface area contributed by atoms with Crippen LogP contribution in [0.5, 0.6) is 5.75 Å². The third-order valence-electron chi connectivity index (χ3n) is 12.5. The molecule has 12 heteroatoms. The molecule has 0 bridgehead atoms. The third-order valence-corrected chi connectivity index (χ3v) is 12.5. The number of nitrogens with one attached hydrogen (secondary N) is 2. The number of imide groups is 1. The van der Waals surface area contributed by atoms with Crippen LogP contribution in [-0.4, -0.2) is 89.1 Å². The van der Waals surface area contributed by atoms with Gasteiger partial charge in [0.15, 0.2) is 0 Å². The number of aromatic hydroxyl groups is 1. The average molecular weight is 756 g/mol. The Morgan fingerprint density at radius 1 is 0.768 bits per heavy atom. The molecule has 3 aromatic carbocycles. The molecule has 0 spiro atoms. The maximum Gasteiger partial charge on any atom is 0.234 e. The van der Waals surface area contributed by atoms with Crippen LogP contribution in [0.15, 0.2) is 91.1 Å². The van der Waals surface area contributed by atoms with Gasteiger partial charge in [-0.05, 0) is 86.4 Å². The quantitative estimate of drug-likeness (QED) is 0.213. The number of piperidine rings is 2. The second-order valence-corrected chi connectivity index (χ2v) is 15.7. The van der Waals surface area contributed by atoms with Gasteiger partial charge in [-0.3, -0.25) is 24.5 Å². The number of phenolic OH excluding ortho intramolecular Hbond substituents is 1. The highest BCUT2D eigenvalue weighted by Crippen LogP contribution is 2.39. The minimum atomic E-state index is -0.670. The van der Waals surface area contributed by atoms with E-state index in [-0.39, 0.29) is 47.3 Å². The molecule has 1 aliphatic carbocycles. The SMILES string of the molecule is O=C1CC[C@H](c2ccc(N3CCN(C(=O)C4CCC(NC(=O)C5(c6ccccc6)CCN(c6cnnc(-c7ccccc7O)c6)CC5)CC4)CC3)cc2)C(=O)N1. The maximum atomic E-state index is 14.4. The summed E-state index contributed by atoms with van der Waals surface area (Å²) >= 11 is 0. The molecule has 3 N–H and O–H groups in total. The summed E-state index contributed by atoms with van der Waals surface area (Å²) in [5.74, 6) is -0.348. The number of hydrogen-bond acceptors (Lipinski definition) is 9. The molecule has 8 rings (SSSR count). The van der Waals surface area contributed by atoms with Crippen molar-refractivity contribution in [2.45, 2.75) is 68.7 Å². The minimum Gasteiger partial charge on any atom is -0.507 e. The van der Waals surface area contributed by atoms with Gasteiger partial charge in [0.05, 0.1) is 28.9 Å². The predicted molar refractivity (Wildman–Crippen MR) is 213 cm³/mol. The summed E-state index contributed by atoms with van der Waals surface area (Å²) in [6.07, 6.45) is 6.97. The minimum absolute atomic E-state index is 0.0238. The molecular weight excluding hydrogens is 707 g/mol. The summed E-state index contributed by atoms with van der Waals surface area (Å²) < 4.78 is 0. The molecule has 4 aliphatic rings. The molecule has 4 fully saturated rings. The standard InChI is InChI=1S/C44H49N7O5/c52-39-9-5-4-8-37(39)38-28-35(29-45-48-38)49-22-20-44(21-23-49,32-6-2-1-3-7-32)43(56)46-33-14-10-31(11-15-33)42(55)51-26-24-50(25-27-51)34-16-12-30(13-17-34)36-18-19-40(53)47-41(36)54/h1-9,12-13,16-17,28-29,31,33,36,52H,10-11,14-15,18-27H2,(H,46,56)(H,47,53,54)/t31?,33?,36-/m1/s1. The van der Waals surface area contributed by atoms with Crippen molar-refractivity contribution in [2.24, 2.45) is 5.92 Å². The van der Waals surface area contributed by atoms with E-state index in [1.165, 1.54) is 0 Å². The van der Waals surface area contributed by atoms with Crippen LogP contribution in [0.1, 0.15) is 68.4 Å². The molecule has 3 saturated heterocycles. The number of hydrogen-bond donors (Lipinski definition) is 3. The number of carbonyl (C=O) groups excluding carboxylic acids is 4. The van der Waals surface area contributed by atoms with Gasteiger partial charge in [-0.15, -0.1) is 0 Å². The molecule has 12 nitrogen and oxygen atoms in total. The van der Waals surface area contributed by atoms with E-state index < -0.39 is 5.41 Å². The Balaban J connectivity index is 0.839. The van der Waals surface area contributed by atoms with E-state index in [4.69, 9.17) is 0 Å². The molecule has 0 unspecified atom stereocenters. The number of rotatable bonds is 8. The van der Waals surface area contributed by atoms with Gasteiger partial charge >= 0.3 is 0 Å². The van der Waals surface area contributed by atoms with Gasteiger partial charge in [-0.1, -0.05) is 54.6 Å². The molecule has 290 valence electrons. The van der Waals surface area contributed by atoms with Crippen LogP contribution in [0.4, 0.5) is 11.4 Å². The third kappa shape index (κ3) is 7.69. The summed E-state index contributed by atoms with van der Waals surface area (Å²) in [4.78, 5) is 58.4. The first kappa shape index (κ1) is 37.2. The van der Waals surface area contributed by atoms with E-state index in [1.54, 1.807) is 18.3 Å².